The van der Waals surface area contributed by atoms with Crippen LogP contribution in [0.5, 0.6) is 0 Å². The Morgan fingerprint density at radius 3 is 2.69 bits per heavy atom. The van der Waals surface area contributed by atoms with Crippen LogP contribution in [0.15, 0.2) is 0 Å². The second-order valence-electron chi connectivity index (χ2n) is 4.35. The largest absolute Gasteiger partial charge is 0.396 e. The Bertz CT molecular complexity index is 204. The van der Waals surface area contributed by atoms with Crippen molar-refractivity contribution in [2.45, 2.75) is 13.8 Å². The number of nitrogens with zero attached hydrogens (tertiary/aromatic N) is 1. The van der Waals surface area contributed by atoms with Crippen molar-refractivity contribution < 1.29 is 9.90 Å². The van der Waals surface area contributed by atoms with E-state index in [0.717, 1.165) is 0 Å². The van der Waals surface area contributed by atoms with Crippen LogP contribution < -0.4 is 5.73 Å². The quantitative estimate of drug-likeness (QED) is 0.606. The molecule has 13 heavy (non-hydrogen) atoms. The van der Waals surface area contributed by atoms with Crippen molar-refractivity contribution in [3.05, 3.63) is 0 Å². The van der Waals surface area contributed by atoms with Gasteiger partial charge >= 0.3 is 0 Å². The third-order valence-electron chi connectivity index (χ3n) is 2.89. The smallest absolute Gasteiger partial charge is 0.236 e. The SMILES string of the molecule is CC1(C)CN(C(=O)CN)CC1CO. The fraction of sp³-hybridized carbons (Fsp3) is 0.889. The molecule has 4 nitrogen and oxygen atoms in total. The number of aliphatic hydroxyl groups excluding tert-OH is 1. The summed E-state index contributed by atoms with van der Waals surface area (Å²) in [5.41, 5.74) is 5.29. The Labute approximate surface area is 78.7 Å². The average Bonchev–Trinajstić information content (AvgIpc) is 2.39. The number of likely N-dealkylation sites (tertiary alicyclic amines) is 1. The fourth-order valence-corrected chi connectivity index (χ4v) is 1.82. The van der Waals surface area contributed by atoms with Crippen LogP contribution >= 0.6 is 0 Å². The maximum atomic E-state index is 11.3. The number of carbonyl (C=O) groups is 1. The van der Waals surface area contributed by atoms with E-state index < -0.39 is 0 Å². The standard InChI is InChI=1S/C9H18N2O2/c1-9(2)6-11(8(13)3-10)4-7(9)5-12/h7,12H,3-6,10H2,1-2H3. The summed E-state index contributed by atoms with van der Waals surface area (Å²) >= 11 is 0. The van der Waals surface area contributed by atoms with E-state index in [9.17, 15) is 4.79 Å². The zero-order chi connectivity index (χ0) is 10.1. The summed E-state index contributed by atoms with van der Waals surface area (Å²) in [4.78, 5) is 13.0. The van der Waals surface area contributed by atoms with Crippen LogP contribution in [0.3, 0.4) is 0 Å². The zero-order valence-electron chi connectivity index (χ0n) is 8.29. The highest BCUT2D eigenvalue weighted by Gasteiger charge is 2.40. The summed E-state index contributed by atoms with van der Waals surface area (Å²) in [6.45, 7) is 5.68. The van der Waals surface area contributed by atoms with Gasteiger partial charge in [-0.25, -0.2) is 0 Å². The van der Waals surface area contributed by atoms with Crippen LogP contribution in [0.1, 0.15) is 13.8 Å². The van der Waals surface area contributed by atoms with Crippen LogP contribution in [0, 0.1) is 11.3 Å². The minimum absolute atomic E-state index is 0.0135. The van der Waals surface area contributed by atoms with Gasteiger partial charge in [0.05, 0.1) is 6.54 Å². The highest BCUT2D eigenvalue weighted by Crippen LogP contribution is 2.34. The monoisotopic (exact) mass is 186 g/mol. The van der Waals surface area contributed by atoms with Crippen LogP contribution in [0.2, 0.25) is 0 Å². The Morgan fingerprint density at radius 2 is 2.31 bits per heavy atom. The Hall–Kier alpha value is -0.610. The molecule has 0 aromatic heterocycles. The lowest BCUT2D eigenvalue weighted by molar-refractivity contribution is -0.129. The number of nitrogens with two attached hydrogens (primary N) is 1. The summed E-state index contributed by atoms with van der Waals surface area (Å²) in [7, 11) is 0. The molecular weight excluding hydrogens is 168 g/mol. The molecule has 0 aromatic rings. The summed E-state index contributed by atoms with van der Waals surface area (Å²) in [5.74, 6) is 0.159. The van der Waals surface area contributed by atoms with E-state index in [-0.39, 0.29) is 30.4 Å². The summed E-state index contributed by atoms with van der Waals surface area (Å²) in [6, 6.07) is 0. The van der Waals surface area contributed by atoms with E-state index >= 15 is 0 Å². The number of amides is 1. The summed E-state index contributed by atoms with van der Waals surface area (Å²) in [6.07, 6.45) is 0. The molecule has 1 saturated heterocycles. The van der Waals surface area contributed by atoms with Gasteiger partial charge in [0.25, 0.3) is 0 Å². The van der Waals surface area contributed by atoms with Gasteiger partial charge < -0.3 is 15.7 Å². The Morgan fingerprint density at radius 1 is 1.69 bits per heavy atom. The van der Waals surface area contributed by atoms with Gasteiger partial charge in [-0.1, -0.05) is 13.8 Å². The second kappa shape index (κ2) is 3.64. The van der Waals surface area contributed by atoms with Crippen molar-refractivity contribution in [1.82, 2.24) is 4.90 Å². The maximum Gasteiger partial charge on any atom is 0.236 e. The van der Waals surface area contributed by atoms with Gasteiger partial charge in [0, 0.05) is 25.6 Å². The van der Waals surface area contributed by atoms with Gasteiger partial charge in [0.2, 0.25) is 5.91 Å². The average molecular weight is 186 g/mol. The van der Waals surface area contributed by atoms with E-state index in [1.54, 1.807) is 4.90 Å². The normalized spacial score (nSPS) is 26.5. The molecule has 1 aliphatic heterocycles. The molecule has 0 saturated carbocycles. The number of carbonyl (C=O) groups excluding carboxylic acids is 1. The molecule has 4 heteroatoms. The first-order valence-electron chi connectivity index (χ1n) is 4.60. The van der Waals surface area contributed by atoms with Crippen molar-refractivity contribution >= 4 is 5.91 Å². The molecule has 1 fully saturated rings. The molecule has 1 rings (SSSR count). The first kappa shape index (κ1) is 10.5. The third kappa shape index (κ3) is 2.00. The van der Waals surface area contributed by atoms with Gasteiger partial charge in [-0.3, -0.25) is 4.79 Å². The second-order valence-corrected chi connectivity index (χ2v) is 4.35. The van der Waals surface area contributed by atoms with Crippen LogP contribution in [-0.4, -0.2) is 42.2 Å². The molecule has 1 amide bonds. The van der Waals surface area contributed by atoms with E-state index in [0.29, 0.717) is 13.1 Å². The minimum atomic E-state index is -0.0241. The molecule has 76 valence electrons. The van der Waals surface area contributed by atoms with Crippen molar-refractivity contribution in [1.29, 1.82) is 0 Å². The van der Waals surface area contributed by atoms with Gasteiger partial charge in [0.1, 0.15) is 0 Å². The molecule has 1 heterocycles. The molecule has 0 spiro atoms. The van der Waals surface area contributed by atoms with Crippen LogP contribution in [0.25, 0.3) is 0 Å². The number of hydrogen-bond donors (Lipinski definition) is 2. The zero-order valence-corrected chi connectivity index (χ0v) is 8.29. The van der Waals surface area contributed by atoms with Crippen LogP contribution in [0.4, 0.5) is 0 Å². The van der Waals surface area contributed by atoms with Crippen molar-refractivity contribution in [2.24, 2.45) is 17.1 Å². The highest BCUT2D eigenvalue weighted by molar-refractivity contribution is 5.78. The molecule has 3 N–H and O–H groups in total. The number of rotatable bonds is 2. The first-order valence-corrected chi connectivity index (χ1v) is 4.60. The predicted octanol–water partition coefficient (Wildman–Crippen LogP) is -0.578. The molecule has 1 aliphatic rings. The maximum absolute atomic E-state index is 11.3. The van der Waals surface area contributed by atoms with Crippen molar-refractivity contribution in [2.75, 3.05) is 26.2 Å². The lowest BCUT2D eigenvalue weighted by Gasteiger charge is -2.23. The first-order chi connectivity index (χ1) is 6.01. The van der Waals surface area contributed by atoms with E-state index in [1.165, 1.54) is 0 Å². The topological polar surface area (TPSA) is 66.6 Å². The van der Waals surface area contributed by atoms with E-state index in [2.05, 4.69) is 13.8 Å². The molecule has 0 aromatic carbocycles. The molecule has 0 aliphatic carbocycles. The molecule has 1 unspecified atom stereocenters. The van der Waals surface area contributed by atoms with Gasteiger partial charge in [-0.05, 0) is 5.41 Å². The van der Waals surface area contributed by atoms with Gasteiger partial charge in [-0.15, -0.1) is 0 Å². The summed E-state index contributed by atoms with van der Waals surface area (Å²) < 4.78 is 0. The fourth-order valence-electron chi connectivity index (χ4n) is 1.82. The Kier molecular flexibility index (Phi) is 2.93. The number of hydrogen-bond acceptors (Lipinski definition) is 3. The van der Waals surface area contributed by atoms with Crippen molar-refractivity contribution in [3.63, 3.8) is 0 Å². The predicted molar refractivity (Wildman–Crippen MR) is 50.0 cm³/mol. The lowest BCUT2D eigenvalue weighted by Crippen LogP contribution is -2.35. The van der Waals surface area contributed by atoms with E-state index in [1.807, 2.05) is 0 Å². The van der Waals surface area contributed by atoms with Crippen molar-refractivity contribution in [3.8, 4) is 0 Å². The van der Waals surface area contributed by atoms with Gasteiger partial charge in [0.15, 0.2) is 0 Å². The van der Waals surface area contributed by atoms with Crippen LogP contribution in [-0.2, 0) is 4.79 Å². The lowest BCUT2D eigenvalue weighted by atomic mass is 9.83. The Balaban J connectivity index is 2.64. The number of aliphatic hydroxyl groups is 1. The molecule has 0 bridgehead atoms. The highest BCUT2D eigenvalue weighted by atomic mass is 16.3. The molecule has 0 radical (unpaired) electrons. The third-order valence-corrected chi connectivity index (χ3v) is 2.89. The minimum Gasteiger partial charge on any atom is -0.396 e. The summed E-state index contributed by atoms with van der Waals surface area (Å²) in [5, 5.41) is 9.10. The molecule has 1 atom stereocenters. The molecular formula is C9H18N2O2. The van der Waals surface area contributed by atoms with Gasteiger partial charge in [-0.2, -0.15) is 0 Å². The van der Waals surface area contributed by atoms with E-state index in [4.69, 9.17) is 10.8 Å².